The van der Waals surface area contributed by atoms with Gasteiger partial charge in [-0.25, -0.2) is 0 Å². The van der Waals surface area contributed by atoms with Crippen LogP contribution in [0.25, 0.3) is 0 Å². The number of halogens is 2. The van der Waals surface area contributed by atoms with Crippen molar-refractivity contribution in [2.75, 3.05) is 25.5 Å². The molecule has 1 aromatic carbocycles. The van der Waals surface area contributed by atoms with Gasteiger partial charge in [0.1, 0.15) is 0 Å². The van der Waals surface area contributed by atoms with Gasteiger partial charge in [-0.1, -0.05) is 29.6 Å². The lowest BCUT2D eigenvalue weighted by atomic mass is 10.1. The number of amides is 1. The van der Waals surface area contributed by atoms with Crippen molar-refractivity contribution >= 4 is 34.8 Å². The Kier molecular flexibility index (Phi) is 6.50. The van der Waals surface area contributed by atoms with Crippen LogP contribution in [0.5, 0.6) is 0 Å². The Morgan fingerprint density at radius 1 is 1.41 bits per heavy atom. The molecule has 0 radical (unpaired) electrons. The van der Waals surface area contributed by atoms with Crippen molar-refractivity contribution in [2.24, 2.45) is 5.92 Å². The van der Waals surface area contributed by atoms with E-state index in [1.165, 1.54) is 0 Å². The summed E-state index contributed by atoms with van der Waals surface area (Å²) in [5, 5.41) is 13.6. The van der Waals surface area contributed by atoms with Gasteiger partial charge in [-0.05, 0) is 44.0 Å². The summed E-state index contributed by atoms with van der Waals surface area (Å²) in [6.45, 7) is 1.47. The molecule has 1 aliphatic carbocycles. The van der Waals surface area contributed by atoms with E-state index in [0.29, 0.717) is 34.6 Å². The number of carbonyl (C=O) groups is 1. The molecule has 2 N–H and O–H groups in total. The quantitative estimate of drug-likeness (QED) is 0.831. The van der Waals surface area contributed by atoms with Crippen LogP contribution in [0.3, 0.4) is 0 Å². The van der Waals surface area contributed by atoms with Crippen molar-refractivity contribution in [3.05, 3.63) is 28.2 Å². The largest absolute Gasteiger partial charge is 0.393 e. The number of aliphatic hydroxyl groups excluding tert-OH is 1. The molecule has 4 nitrogen and oxygen atoms in total. The van der Waals surface area contributed by atoms with Crippen molar-refractivity contribution in [1.82, 2.24) is 4.90 Å². The van der Waals surface area contributed by atoms with E-state index in [1.807, 2.05) is 7.05 Å². The van der Waals surface area contributed by atoms with Gasteiger partial charge < -0.3 is 15.3 Å². The zero-order valence-electron chi connectivity index (χ0n) is 12.7. The highest BCUT2D eigenvalue weighted by atomic mass is 35.5. The van der Waals surface area contributed by atoms with E-state index in [2.05, 4.69) is 10.2 Å². The van der Waals surface area contributed by atoms with Crippen molar-refractivity contribution in [3.8, 4) is 0 Å². The molecule has 0 saturated heterocycles. The molecule has 0 aromatic heterocycles. The van der Waals surface area contributed by atoms with E-state index in [-0.39, 0.29) is 12.0 Å². The standard InChI is InChI=1S/C16H22Cl2N2O2/c1-20(10-11-3-2-4-15(11)21)8-7-16(22)19-14-9-12(17)5-6-13(14)18/h5-6,9,11,15,21H,2-4,7-8,10H2,1H3,(H,19,22). The van der Waals surface area contributed by atoms with Gasteiger partial charge in [0.25, 0.3) is 0 Å². The van der Waals surface area contributed by atoms with Crippen LogP contribution < -0.4 is 5.32 Å². The summed E-state index contributed by atoms with van der Waals surface area (Å²) < 4.78 is 0. The Bertz CT molecular complexity index is 525. The minimum absolute atomic E-state index is 0.0945. The lowest BCUT2D eigenvalue weighted by Gasteiger charge is -2.22. The van der Waals surface area contributed by atoms with Crippen LogP contribution in [0.1, 0.15) is 25.7 Å². The third-order valence-corrected chi connectivity index (χ3v) is 4.65. The number of hydrogen-bond acceptors (Lipinski definition) is 3. The molecule has 0 bridgehead atoms. The summed E-state index contributed by atoms with van der Waals surface area (Å²) >= 11 is 11.9. The van der Waals surface area contributed by atoms with Crippen molar-refractivity contribution in [1.29, 1.82) is 0 Å². The molecular formula is C16H22Cl2N2O2. The first kappa shape index (κ1) is 17.5. The fourth-order valence-corrected chi connectivity index (χ4v) is 3.16. The molecule has 0 aliphatic heterocycles. The second kappa shape index (κ2) is 8.16. The lowest BCUT2D eigenvalue weighted by molar-refractivity contribution is -0.116. The lowest BCUT2D eigenvalue weighted by Crippen LogP contribution is -2.32. The van der Waals surface area contributed by atoms with Gasteiger partial charge in [0.2, 0.25) is 5.91 Å². The molecule has 6 heteroatoms. The number of benzene rings is 1. The SMILES string of the molecule is CN(CCC(=O)Nc1cc(Cl)ccc1Cl)CC1CCCC1O. The highest BCUT2D eigenvalue weighted by Crippen LogP contribution is 2.27. The molecule has 1 fully saturated rings. The summed E-state index contributed by atoms with van der Waals surface area (Å²) in [5.74, 6) is 0.235. The summed E-state index contributed by atoms with van der Waals surface area (Å²) in [5.41, 5.74) is 0.535. The molecule has 1 aromatic rings. The van der Waals surface area contributed by atoms with Gasteiger partial charge in [0, 0.05) is 24.5 Å². The molecule has 1 amide bonds. The predicted octanol–water partition coefficient (Wildman–Crippen LogP) is 3.41. The molecule has 0 heterocycles. The average Bonchev–Trinajstić information content (AvgIpc) is 2.86. The second-order valence-corrected chi connectivity index (χ2v) is 6.79. The van der Waals surface area contributed by atoms with Crippen LogP contribution in [0, 0.1) is 5.92 Å². The van der Waals surface area contributed by atoms with E-state index in [1.54, 1.807) is 18.2 Å². The zero-order chi connectivity index (χ0) is 16.1. The van der Waals surface area contributed by atoms with Gasteiger partial charge in [-0.2, -0.15) is 0 Å². The van der Waals surface area contributed by atoms with E-state index in [4.69, 9.17) is 23.2 Å². The van der Waals surface area contributed by atoms with Crippen LogP contribution in [0.15, 0.2) is 18.2 Å². The minimum Gasteiger partial charge on any atom is -0.393 e. The predicted molar refractivity (Wildman–Crippen MR) is 90.6 cm³/mol. The van der Waals surface area contributed by atoms with Gasteiger partial charge in [0.05, 0.1) is 16.8 Å². The highest BCUT2D eigenvalue weighted by Gasteiger charge is 2.26. The van der Waals surface area contributed by atoms with Crippen LogP contribution >= 0.6 is 23.2 Å². The number of anilines is 1. The Morgan fingerprint density at radius 3 is 2.86 bits per heavy atom. The number of hydrogen-bond donors (Lipinski definition) is 2. The van der Waals surface area contributed by atoms with Gasteiger partial charge in [-0.15, -0.1) is 0 Å². The topological polar surface area (TPSA) is 52.6 Å². The zero-order valence-corrected chi connectivity index (χ0v) is 14.2. The number of aliphatic hydroxyl groups is 1. The minimum atomic E-state index is -0.193. The molecule has 22 heavy (non-hydrogen) atoms. The molecule has 1 saturated carbocycles. The average molecular weight is 345 g/mol. The van der Waals surface area contributed by atoms with E-state index in [9.17, 15) is 9.90 Å². The monoisotopic (exact) mass is 344 g/mol. The molecule has 122 valence electrons. The first-order chi connectivity index (χ1) is 10.5. The maximum Gasteiger partial charge on any atom is 0.225 e. The van der Waals surface area contributed by atoms with Crippen LogP contribution in [-0.2, 0) is 4.79 Å². The third kappa shape index (κ3) is 5.13. The van der Waals surface area contributed by atoms with Gasteiger partial charge in [0.15, 0.2) is 0 Å². The van der Waals surface area contributed by atoms with Crippen LogP contribution in [-0.4, -0.2) is 42.2 Å². The smallest absolute Gasteiger partial charge is 0.225 e. The Hall–Kier alpha value is -0.810. The normalized spacial score (nSPS) is 21.3. The summed E-state index contributed by atoms with van der Waals surface area (Å²) in [7, 11) is 1.98. The summed E-state index contributed by atoms with van der Waals surface area (Å²) in [6.07, 6.45) is 3.24. The van der Waals surface area contributed by atoms with Crippen molar-refractivity contribution in [3.63, 3.8) is 0 Å². The molecule has 0 spiro atoms. The maximum atomic E-state index is 12.0. The fraction of sp³-hybridized carbons (Fsp3) is 0.562. The second-order valence-electron chi connectivity index (χ2n) is 5.94. The summed E-state index contributed by atoms with van der Waals surface area (Å²) in [6, 6.07) is 4.98. The maximum absolute atomic E-state index is 12.0. The van der Waals surface area contributed by atoms with Crippen LogP contribution in [0.4, 0.5) is 5.69 Å². The van der Waals surface area contributed by atoms with Gasteiger partial charge >= 0.3 is 0 Å². The van der Waals surface area contributed by atoms with Gasteiger partial charge in [-0.3, -0.25) is 4.79 Å². The molecule has 2 atom stereocenters. The number of rotatable bonds is 6. The Balaban J connectivity index is 1.76. The Labute approximate surface area is 141 Å². The molecular weight excluding hydrogens is 323 g/mol. The number of nitrogens with one attached hydrogen (secondary N) is 1. The summed E-state index contributed by atoms with van der Waals surface area (Å²) in [4.78, 5) is 14.1. The third-order valence-electron chi connectivity index (χ3n) is 4.09. The van der Waals surface area contributed by atoms with Crippen molar-refractivity contribution in [2.45, 2.75) is 31.8 Å². The molecule has 2 unspecified atom stereocenters. The first-order valence-electron chi connectivity index (χ1n) is 7.57. The van der Waals surface area contributed by atoms with E-state index >= 15 is 0 Å². The van der Waals surface area contributed by atoms with E-state index in [0.717, 1.165) is 25.8 Å². The first-order valence-corrected chi connectivity index (χ1v) is 8.33. The van der Waals surface area contributed by atoms with Crippen LogP contribution in [0.2, 0.25) is 10.0 Å². The van der Waals surface area contributed by atoms with E-state index < -0.39 is 0 Å². The molecule has 1 aliphatic rings. The Morgan fingerprint density at radius 2 is 2.18 bits per heavy atom. The van der Waals surface area contributed by atoms with Crippen molar-refractivity contribution < 1.29 is 9.90 Å². The fourth-order valence-electron chi connectivity index (χ4n) is 2.82. The highest BCUT2D eigenvalue weighted by molar-refractivity contribution is 6.35. The number of carbonyl (C=O) groups excluding carboxylic acids is 1. The number of nitrogens with zero attached hydrogens (tertiary/aromatic N) is 1. The molecule has 2 rings (SSSR count).